The Morgan fingerprint density at radius 2 is 2.05 bits per heavy atom. The molecule has 1 saturated heterocycles. The van der Waals surface area contributed by atoms with Gasteiger partial charge in [0.1, 0.15) is 0 Å². The van der Waals surface area contributed by atoms with Gasteiger partial charge in [-0.25, -0.2) is 0 Å². The Hall–Kier alpha value is -1.39. The standard InChI is InChI=1S/C17H26N2O2/c1-12(2)15-7-5-6-8-16(15)18-17(20)14(4)19-9-10-21-13(3)11-19/h5-8,12-14H,9-11H2,1-4H3,(H,18,20)/t13-,14+/m1/s1. The molecule has 0 aliphatic carbocycles. The maximum atomic E-state index is 12.5. The molecule has 0 bridgehead atoms. The number of ether oxygens (including phenoxy) is 1. The Balaban J connectivity index is 2.04. The number of carbonyl (C=O) groups is 1. The van der Waals surface area contributed by atoms with Crippen LogP contribution in [0.15, 0.2) is 24.3 Å². The number of morpholine rings is 1. The number of amides is 1. The van der Waals surface area contributed by atoms with Crippen molar-refractivity contribution >= 4 is 11.6 Å². The van der Waals surface area contributed by atoms with Crippen molar-refractivity contribution in [2.24, 2.45) is 0 Å². The number of hydrogen-bond acceptors (Lipinski definition) is 3. The summed E-state index contributed by atoms with van der Waals surface area (Å²) in [4.78, 5) is 14.7. The van der Waals surface area contributed by atoms with E-state index in [9.17, 15) is 4.79 Å². The molecule has 0 unspecified atom stereocenters. The van der Waals surface area contributed by atoms with Crippen molar-refractivity contribution in [3.63, 3.8) is 0 Å². The lowest BCUT2D eigenvalue weighted by atomic mass is 10.0. The minimum atomic E-state index is -0.142. The van der Waals surface area contributed by atoms with Crippen molar-refractivity contribution in [2.45, 2.75) is 45.8 Å². The highest BCUT2D eigenvalue weighted by Crippen LogP contribution is 2.24. The van der Waals surface area contributed by atoms with Crippen LogP contribution in [0.3, 0.4) is 0 Å². The first-order valence-electron chi connectivity index (χ1n) is 7.74. The van der Waals surface area contributed by atoms with Crippen molar-refractivity contribution < 1.29 is 9.53 Å². The van der Waals surface area contributed by atoms with Crippen LogP contribution in [0.4, 0.5) is 5.69 Å². The van der Waals surface area contributed by atoms with E-state index in [0.29, 0.717) is 12.5 Å². The molecule has 116 valence electrons. The molecule has 1 aliphatic heterocycles. The van der Waals surface area contributed by atoms with Crippen LogP contribution in [0, 0.1) is 0 Å². The van der Waals surface area contributed by atoms with Crippen LogP contribution in [0.1, 0.15) is 39.2 Å². The fourth-order valence-electron chi connectivity index (χ4n) is 2.71. The van der Waals surface area contributed by atoms with Gasteiger partial charge in [-0.05, 0) is 31.4 Å². The van der Waals surface area contributed by atoms with E-state index in [1.165, 1.54) is 5.56 Å². The maximum Gasteiger partial charge on any atom is 0.241 e. The van der Waals surface area contributed by atoms with Crippen LogP contribution >= 0.6 is 0 Å². The summed E-state index contributed by atoms with van der Waals surface area (Å²) < 4.78 is 5.53. The lowest BCUT2D eigenvalue weighted by molar-refractivity contribution is -0.123. The van der Waals surface area contributed by atoms with E-state index in [-0.39, 0.29) is 18.1 Å². The molecule has 2 atom stereocenters. The second kappa shape index (κ2) is 7.05. The summed E-state index contributed by atoms with van der Waals surface area (Å²) >= 11 is 0. The normalized spacial score (nSPS) is 21.3. The van der Waals surface area contributed by atoms with E-state index in [1.54, 1.807) is 0 Å². The Labute approximate surface area is 127 Å². The van der Waals surface area contributed by atoms with E-state index >= 15 is 0 Å². The maximum absolute atomic E-state index is 12.5. The van der Waals surface area contributed by atoms with Crippen LogP contribution in [-0.4, -0.2) is 42.6 Å². The topological polar surface area (TPSA) is 41.6 Å². The van der Waals surface area contributed by atoms with Gasteiger partial charge in [-0.1, -0.05) is 32.0 Å². The minimum Gasteiger partial charge on any atom is -0.376 e. The van der Waals surface area contributed by atoms with Crippen LogP contribution in [-0.2, 0) is 9.53 Å². The predicted octanol–water partition coefficient (Wildman–Crippen LogP) is 2.86. The van der Waals surface area contributed by atoms with E-state index in [1.807, 2.05) is 32.0 Å². The Kier molecular flexibility index (Phi) is 5.37. The van der Waals surface area contributed by atoms with Gasteiger partial charge in [0.2, 0.25) is 5.91 Å². The molecule has 1 fully saturated rings. The van der Waals surface area contributed by atoms with Gasteiger partial charge in [-0.3, -0.25) is 9.69 Å². The van der Waals surface area contributed by atoms with Gasteiger partial charge < -0.3 is 10.1 Å². The van der Waals surface area contributed by atoms with Crippen molar-refractivity contribution in [3.05, 3.63) is 29.8 Å². The van der Waals surface area contributed by atoms with Gasteiger partial charge in [-0.2, -0.15) is 0 Å². The van der Waals surface area contributed by atoms with Crippen molar-refractivity contribution in [1.29, 1.82) is 0 Å². The first-order valence-corrected chi connectivity index (χ1v) is 7.74. The summed E-state index contributed by atoms with van der Waals surface area (Å²) in [6, 6.07) is 7.88. The minimum absolute atomic E-state index is 0.0530. The number of nitrogens with one attached hydrogen (secondary N) is 1. The van der Waals surface area contributed by atoms with E-state index in [4.69, 9.17) is 4.74 Å². The molecule has 21 heavy (non-hydrogen) atoms. The van der Waals surface area contributed by atoms with Crippen molar-refractivity contribution in [3.8, 4) is 0 Å². The van der Waals surface area contributed by atoms with Gasteiger partial charge in [0.25, 0.3) is 0 Å². The summed E-state index contributed by atoms with van der Waals surface area (Å²) in [6.07, 6.45) is 0.192. The van der Waals surface area contributed by atoms with Crippen LogP contribution < -0.4 is 5.32 Å². The van der Waals surface area contributed by atoms with Crippen LogP contribution in [0.2, 0.25) is 0 Å². The van der Waals surface area contributed by atoms with Gasteiger partial charge in [-0.15, -0.1) is 0 Å². The molecule has 0 saturated carbocycles. The molecule has 4 heteroatoms. The molecule has 1 aromatic carbocycles. The second-order valence-electron chi connectivity index (χ2n) is 6.08. The number of benzene rings is 1. The molecule has 1 aliphatic rings. The average molecular weight is 290 g/mol. The van der Waals surface area contributed by atoms with E-state index in [2.05, 4.69) is 30.1 Å². The van der Waals surface area contributed by atoms with Crippen LogP contribution in [0.25, 0.3) is 0 Å². The second-order valence-corrected chi connectivity index (χ2v) is 6.08. The summed E-state index contributed by atoms with van der Waals surface area (Å²) in [5.41, 5.74) is 2.10. The zero-order chi connectivity index (χ0) is 15.4. The molecule has 2 rings (SSSR count). The first kappa shape index (κ1) is 16.0. The fourth-order valence-corrected chi connectivity index (χ4v) is 2.71. The quantitative estimate of drug-likeness (QED) is 0.927. The molecule has 4 nitrogen and oxygen atoms in total. The molecule has 0 aromatic heterocycles. The highest BCUT2D eigenvalue weighted by atomic mass is 16.5. The third-order valence-electron chi connectivity index (χ3n) is 4.04. The lowest BCUT2D eigenvalue weighted by Gasteiger charge is -2.34. The predicted molar refractivity (Wildman–Crippen MR) is 85.6 cm³/mol. The molecule has 0 spiro atoms. The average Bonchev–Trinajstić information content (AvgIpc) is 2.46. The van der Waals surface area contributed by atoms with Gasteiger partial charge in [0.15, 0.2) is 0 Å². The van der Waals surface area contributed by atoms with Gasteiger partial charge in [0, 0.05) is 18.8 Å². The highest BCUT2D eigenvalue weighted by molar-refractivity contribution is 5.95. The fraction of sp³-hybridized carbons (Fsp3) is 0.588. The molecular formula is C17H26N2O2. The molecule has 1 N–H and O–H groups in total. The molecule has 1 aromatic rings. The van der Waals surface area contributed by atoms with Gasteiger partial charge in [0.05, 0.1) is 18.8 Å². The zero-order valence-electron chi connectivity index (χ0n) is 13.4. The Bertz CT molecular complexity index is 487. The SMILES string of the molecule is CC(C)c1ccccc1NC(=O)[C@H](C)N1CCO[C@H](C)C1. The third-order valence-corrected chi connectivity index (χ3v) is 4.04. The van der Waals surface area contributed by atoms with E-state index < -0.39 is 0 Å². The number of hydrogen-bond donors (Lipinski definition) is 1. The van der Waals surface area contributed by atoms with Gasteiger partial charge >= 0.3 is 0 Å². The number of nitrogens with zero attached hydrogens (tertiary/aromatic N) is 1. The largest absolute Gasteiger partial charge is 0.376 e. The Morgan fingerprint density at radius 3 is 2.71 bits per heavy atom. The van der Waals surface area contributed by atoms with Crippen molar-refractivity contribution in [1.82, 2.24) is 4.90 Å². The van der Waals surface area contributed by atoms with E-state index in [0.717, 1.165) is 18.8 Å². The van der Waals surface area contributed by atoms with Crippen molar-refractivity contribution in [2.75, 3.05) is 25.0 Å². The molecule has 1 heterocycles. The van der Waals surface area contributed by atoms with Crippen LogP contribution in [0.5, 0.6) is 0 Å². The molecule has 1 amide bonds. The number of para-hydroxylation sites is 1. The summed E-state index contributed by atoms with van der Waals surface area (Å²) in [5.74, 6) is 0.442. The lowest BCUT2D eigenvalue weighted by Crippen LogP contribution is -2.50. The third kappa shape index (κ3) is 4.05. The first-order chi connectivity index (χ1) is 9.99. The monoisotopic (exact) mass is 290 g/mol. The zero-order valence-corrected chi connectivity index (χ0v) is 13.4. The summed E-state index contributed by atoms with van der Waals surface area (Å²) in [6.45, 7) is 10.6. The number of anilines is 1. The molecule has 0 radical (unpaired) electrons. The smallest absolute Gasteiger partial charge is 0.241 e. The highest BCUT2D eigenvalue weighted by Gasteiger charge is 2.26. The Morgan fingerprint density at radius 1 is 1.33 bits per heavy atom. The number of rotatable bonds is 4. The molecular weight excluding hydrogens is 264 g/mol. The summed E-state index contributed by atoms with van der Waals surface area (Å²) in [7, 11) is 0. The number of carbonyl (C=O) groups excluding carboxylic acids is 1. The summed E-state index contributed by atoms with van der Waals surface area (Å²) in [5, 5.41) is 3.08.